The fourth-order valence-electron chi connectivity index (χ4n) is 2.61. The fourth-order valence-corrected chi connectivity index (χ4v) is 2.61. The van der Waals surface area contributed by atoms with Gasteiger partial charge in [0.2, 0.25) is 0 Å². The van der Waals surface area contributed by atoms with E-state index >= 15 is 0 Å². The molecule has 0 saturated carbocycles. The van der Waals surface area contributed by atoms with E-state index in [2.05, 4.69) is 35.9 Å². The molecule has 1 aliphatic rings. The maximum absolute atomic E-state index is 5.23. The predicted octanol–water partition coefficient (Wildman–Crippen LogP) is 3.45. The molecule has 0 bridgehead atoms. The average Bonchev–Trinajstić information content (AvgIpc) is 2.46. The van der Waals surface area contributed by atoms with Crippen LogP contribution in [0.15, 0.2) is 36.4 Å². The number of rotatable bonds is 5. The van der Waals surface area contributed by atoms with Gasteiger partial charge in [0.25, 0.3) is 0 Å². The summed E-state index contributed by atoms with van der Waals surface area (Å²) in [6, 6.07) is 8.87. The van der Waals surface area contributed by atoms with E-state index in [1.165, 1.54) is 11.1 Å². The smallest absolute Gasteiger partial charge is 0.118 e. The number of hydrogen-bond donors (Lipinski definition) is 1. The largest absolute Gasteiger partial charge is 0.497 e. The highest BCUT2D eigenvalue weighted by Gasteiger charge is 2.22. The first kappa shape index (κ1) is 20.3. The van der Waals surface area contributed by atoms with Gasteiger partial charge in [-0.3, -0.25) is 4.90 Å². The molecule has 0 aromatic heterocycles. The van der Waals surface area contributed by atoms with E-state index in [4.69, 9.17) is 4.74 Å². The fraction of sp³-hybridized carbons (Fsp3) is 0.500. The van der Waals surface area contributed by atoms with Crippen molar-refractivity contribution in [3.05, 3.63) is 42.0 Å². The van der Waals surface area contributed by atoms with Gasteiger partial charge in [0.15, 0.2) is 0 Å². The van der Waals surface area contributed by atoms with Gasteiger partial charge in [-0.15, -0.1) is 31.4 Å². The first-order valence-corrected chi connectivity index (χ1v) is 6.94. The molecule has 0 unspecified atom stereocenters. The predicted molar refractivity (Wildman–Crippen MR) is 94.1 cm³/mol. The Balaban J connectivity index is 0.00000200. The molecule has 1 saturated heterocycles. The molecule has 3 nitrogen and oxygen atoms in total. The number of ether oxygens (including phenoxy) is 1. The zero-order valence-corrected chi connectivity index (χ0v) is 14.4. The molecular formula is C16H26Cl2N2O. The second-order valence-corrected chi connectivity index (χ2v) is 5.24. The Labute approximate surface area is 140 Å². The zero-order chi connectivity index (χ0) is 13.7. The molecule has 120 valence electrons. The van der Waals surface area contributed by atoms with Crippen molar-refractivity contribution in [2.75, 3.05) is 33.3 Å². The highest BCUT2D eigenvalue weighted by molar-refractivity contribution is 5.85. The summed E-state index contributed by atoms with van der Waals surface area (Å²) in [7, 11) is 1.71. The number of nitrogens with zero attached hydrogens (tertiary/aromatic N) is 1. The molecule has 1 heterocycles. The lowest BCUT2D eigenvalue weighted by molar-refractivity contribution is 0.172. The van der Waals surface area contributed by atoms with Crippen molar-refractivity contribution in [3.63, 3.8) is 0 Å². The molecule has 5 heteroatoms. The maximum Gasteiger partial charge on any atom is 0.118 e. The van der Waals surface area contributed by atoms with Crippen molar-refractivity contribution >= 4 is 24.8 Å². The van der Waals surface area contributed by atoms with Crippen LogP contribution < -0.4 is 10.1 Å². The molecule has 0 aliphatic carbocycles. The van der Waals surface area contributed by atoms with Gasteiger partial charge < -0.3 is 10.1 Å². The minimum absolute atomic E-state index is 0. The summed E-state index contributed by atoms with van der Waals surface area (Å²) in [6.07, 6.45) is 1.02. The number of methoxy groups -OCH3 is 1. The Morgan fingerprint density at radius 2 is 1.81 bits per heavy atom. The van der Waals surface area contributed by atoms with Gasteiger partial charge in [0.1, 0.15) is 5.75 Å². The monoisotopic (exact) mass is 332 g/mol. The summed E-state index contributed by atoms with van der Waals surface area (Å²) in [4.78, 5) is 2.55. The second kappa shape index (κ2) is 10.1. The summed E-state index contributed by atoms with van der Waals surface area (Å²) in [6.45, 7) is 10.5. The molecule has 1 aliphatic heterocycles. The van der Waals surface area contributed by atoms with Crippen LogP contribution in [-0.2, 0) is 0 Å². The van der Waals surface area contributed by atoms with Gasteiger partial charge in [-0.25, -0.2) is 0 Å². The van der Waals surface area contributed by atoms with Crippen LogP contribution in [0.4, 0.5) is 0 Å². The van der Waals surface area contributed by atoms with Crippen molar-refractivity contribution in [1.82, 2.24) is 10.2 Å². The number of nitrogens with one attached hydrogen (secondary N) is 1. The third kappa shape index (κ3) is 5.87. The van der Waals surface area contributed by atoms with E-state index in [1.807, 2.05) is 12.1 Å². The van der Waals surface area contributed by atoms with E-state index in [9.17, 15) is 0 Å². The van der Waals surface area contributed by atoms with Crippen LogP contribution in [0.25, 0.3) is 0 Å². The molecule has 2 rings (SSSR count). The summed E-state index contributed by atoms with van der Waals surface area (Å²) in [5.74, 6) is 0.915. The maximum atomic E-state index is 5.23. The summed E-state index contributed by atoms with van der Waals surface area (Å²) < 4.78 is 5.23. The molecule has 1 atom stereocenters. The molecular weight excluding hydrogens is 307 g/mol. The van der Waals surface area contributed by atoms with Gasteiger partial charge in [0.05, 0.1) is 7.11 Å². The number of hydrogen-bond acceptors (Lipinski definition) is 3. The molecule has 0 amide bonds. The van der Waals surface area contributed by atoms with E-state index < -0.39 is 0 Å². The summed E-state index contributed by atoms with van der Waals surface area (Å²) in [5, 5.41) is 3.41. The van der Waals surface area contributed by atoms with Crippen molar-refractivity contribution < 1.29 is 4.74 Å². The lowest BCUT2D eigenvalue weighted by Crippen LogP contribution is -2.45. The molecule has 0 radical (unpaired) electrons. The Bertz CT molecular complexity index is 417. The normalized spacial score (nSPS) is 16.3. The minimum atomic E-state index is 0. The van der Waals surface area contributed by atoms with Crippen LogP contribution in [0.2, 0.25) is 0 Å². The topological polar surface area (TPSA) is 24.5 Å². The Hall–Kier alpha value is -0.740. The summed E-state index contributed by atoms with van der Waals surface area (Å²) in [5.41, 5.74) is 2.59. The van der Waals surface area contributed by atoms with Crippen LogP contribution in [0.5, 0.6) is 5.75 Å². The van der Waals surface area contributed by atoms with Crippen LogP contribution in [0.1, 0.15) is 24.9 Å². The van der Waals surface area contributed by atoms with E-state index in [0.717, 1.165) is 38.3 Å². The molecule has 21 heavy (non-hydrogen) atoms. The lowest BCUT2D eigenvalue weighted by Gasteiger charge is -2.35. The van der Waals surface area contributed by atoms with Gasteiger partial charge in [-0.2, -0.15) is 0 Å². The third-order valence-corrected chi connectivity index (χ3v) is 3.63. The second-order valence-electron chi connectivity index (χ2n) is 5.24. The first-order chi connectivity index (χ1) is 9.20. The summed E-state index contributed by atoms with van der Waals surface area (Å²) >= 11 is 0. The zero-order valence-electron chi connectivity index (χ0n) is 12.8. The SMILES string of the molecule is C=C(C)C[C@H](c1ccc(OC)cc1)N1CCNCC1.Cl.Cl. The molecule has 1 N–H and O–H groups in total. The van der Waals surface area contributed by atoms with Gasteiger partial charge in [0, 0.05) is 32.2 Å². The van der Waals surface area contributed by atoms with Crippen LogP contribution in [0, 0.1) is 0 Å². The lowest BCUT2D eigenvalue weighted by atomic mass is 9.98. The number of piperazine rings is 1. The Morgan fingerprint density at radius 1 is 1.24 bits per heavy atom. The van der Waals surface area contributed by atoms with Crippen LogP contribution in [0.3, 0.4) is 0 Å². The Morgan fingerprint density at radius 3 is 2.29 bits per heavy atom. The van der Waals surface area contributed by atoms with E-state index in [-0.39, 0.29) is 24.8 Å². The highest BCUT2D eigenvalue weighted by atomic mass is 35.5. The van der Waals surface area contributed by atoms with Crippen molar-refractivity contribution in [1.29, 1.82) is 0 Å². The Kier molecular flexibility index (Phi) is 9.71. The van der Waals surface area contributed by atoms with Crippen LogP contribution in [-0.4, -0.2) is 38.2 Å². The van der Waals surface area contributed by atoms with Gasteiger partial charge in [-0.1, -0.05) is 17.7 Å². The van der Waals surface area contributed by atoms with Crippen molar-refractivity contribution in [3.8, 4) is 5.75 Å². The molecule has 1 fully saturated rings. The van der Waals surface area contributed by atoms with E-state index in [0.29, 0.717) is 6.04 Å². The number of halogens is 2. The van der Waals surface area contributed by atoms with E-state index in [1.54, 1.807) is 7.11 Å². The van der Waals surface area contributed by atoms with Crippen molar-refractivity contribution in [2.24, 2.45) is 0 Å². The number of benzene rings is 1. The highest BCUT2D eigenvalue weighted by Crippen LogP contribution is 2.28. The molecule has 1 aromatic carbocycles. The van der Waals surface area contributed by atoms with Crippen LogP contribution >= 0.6 is 24.8 Å². The molecule has 1 aromatic rings. The van der Waals surface area contributed by atoms with Gasteiger partial charge >= 0.3 is 0 Å². The van der Waals surface area contributed by atoms with Crippen molar-refractivity contribution in [2.45, 2.75) is 19.4 Å². The standard InChI is InChI=1S/C16H24N2O.2ClH/c1-13(2)12-16(18-10-8-17-9-11-18)14-4-6-15(19-3)7-5-14;;/h4-7,16-17H,1,8-12H2,2-3H3;2*1H/t16-;;/m1../s1. The first-order valence-electron chi connectivity index (χ1n) is 6.94. The molecule has 0 spiro atoms. The minimum Gasteiger partial charge on any atom is -0.497 e. The van der Waals surface area contributed by atoms with Gasteiger partial charge in [-0.05, 0) is 31.0 Å². The quantitative estimate of drug-likeness (QED) is 0.836. The third-order valence-electron chi connectivity index (χ3n) is 3.63. The average molecular weight is 333 g/mol.